The van der Waals surface area contributed by atoms with E-state index in [1.165, 1.54) is 89.9 Å². The SMILES string of the molecule is CCCCCCCCCCCCCCOS(=O)(=O)CCCCCCCCC.[NaH]. The van der Waals surface area contributed by atoms with Crippen LogP contribution in [0.1, 0.15) is 136 Å². The summed E-state index contributed by atoms with van der Waals surface area (Å²) in [7, 11) is -3.29. The summed E-state index contributed by atoms with van der Waals surface area (Å²) < 4.78 is 28.8. The number of unbranched alkanes of at least 4 members (excludes halogenated alkanes) is 17. The Morgan fingerprint density at radius 3 is 1.21 bits per heavy atom. The molecule has 0 rings (SSSR count). The molecule has 0 amide bonds. The molecule has 0 fully saturated rings. The predicted molar refractivity (Wildman–Crippen MR) is 126 cm³/mol. The second-order valence-corrected chi connectivity index (χ2v) is 9.85. The van der Waals surface area contributed by atoms with Gasteiger partial charge in [-0.05, 0) is 12.8 Å². The molecule has 0 aliphatic heterocycles. The average Bonchev–Trinajstić information content (AvgIpc) is 2.64. The standard InChI is InChI=1S/C23H48O3S.Na.H/c1-3-5-7-9-11-12-13-14-15-16-18-20-22-26-27(24,25)23-21-19-17-10-8-6-4-2;;/h3-23H2,1-2H3;;. The Labute approximate surface area is 199 Å². The van der Waals surface area contributed by atoms with Crippen LogP contribution < -0.4 is 0 Å². The molecule has 0 heterocycles. The molecule has 0 radical (unpaired) electrons. The summed E-state index contributed by atoms with van der Waals surface area (Å²) in [5, 5.41) is 0. The molecule has 0 unspecified atom stereocenters. The van der Waals surface area contributed by atoms with Crippen LogP contribution in [0, 0.1) is 0 Å². The molecule has 0 aliphatic carbocycles. The third-order valence-electron chi connectivity index (χ3n) is 5.26. The molecule has 3 nitrogen and oxygen atoms in total. The summed E-state index contributed by atoms with van der Waals surface area (Å²) in [6, 6.07) is 0. The van der Waals surface area contributed by atoms with E-state index in [9.17, 15) is 8.42 Å². The minimum atomic E-state index is -3.29. The van der Waals surface area contributed by atoms with E-state index in [1.54, 1.807) is 0 Å². The number of hydrogen-bond acceptors (Lipinski definition) is 3. The van der Waals surface area contributed by atoms with E-state index in [0.717, 1.165) is 32.1 Å². The van der Waals surface area contributed by atoms with Gasteiger partial charge in [0, 0.05) is 0 Å². The second-order valence-electron chi connectivity index (χ2n) is 8.09. The van der Waals surface area contributed by atoms with Crippen molar-refractivity contribution in [2.75, 3.05) is 12.4 Å². The van der Waals surface area contributed by atoms with E-state index in [4.69, 9.17) is 4.18 Å². The van der Waals surface area contributed by atoms with Crippen LogP contribution in [0.25, 0.3) is 0 Å². The first-order chi connectivity index (χ1) is 13.1. The maximum atomic E-state index is 11.8. The van der Waals surface area contributed by atoms with Crippen molar-refractivity contribution >= 4 is 39.7 Å². The number of hydrogen-bond donors (Lipinski definition) is 0. The fourth-order valence-corrected chi connectivity index (χ4v) is 4.47. The first-order valence-corrected chi connectivity index (χ1v) is 13.6. The van der Waals surface area contributed by atoms with Crippen LogP contribution in [0.2, 0.25) is 0 Å². The van der Waals surface area contributed by atoms with Crippen LogP contribution in [-0.2, 0) is 14.3 Å². The third kappa shape index (κ3) is 24.9. The van der Waals surface area contributed by atoms with Crippen molar-refractivity contribution in [2.45, 2.75) is 136 Å². The zero-order valence-corrected chi connectivity index (χ0v) is 19.3. The topological polar surface area (TPSA) is 43.4 Å². The Hall–Kier alpha value is 0.910. The summed E-state index contributed by atoms with van der Waals surface area (Å²) in [5.41, 5.74) is 0. The van der Waals surface area contributed by atoms with Crippen LogP contribution in [0.5, 0.6) is 0 Å². The summed E-state index contributed by atoms with van der Waals surface area (Å²) in [6.07, 6.45) is 23.3. The van der Waals surface area contributed by atoms with Crippen LogP contribution >= 0.6 is 0 Å². The van der Waals surface area contributed by atoms with Gasteiger partial charge in [-0.1, -0.05) is 123 Å². The van der Waals surface area contributed by atoms with Crippen molar-refractivity contribution < 1.29 is 12.6 Å². The Bertz CT molecular complexity index is 385. The molecular weight excluding hydrogens is 379 g/mol. The first-order valence-electron chi connectivity index (χ1n) is 12.0. The molecule has 5 heteroatoms. The molecule has 166 valence electrons. The van der Waals surface area contributed by atoms with E-state index < -0.39 is 10.1 Å². The Morgan fingerprint density at radius 1 is 0.500 bits per heavy atom. The molecule has 0 aliphatic rings. The normalized spacial score (nSPS) is 11.5. The van der Waals surface area contributed by atoms with Gasteiger partial charge in [0.25, 0.3) is 10.1 Å². The molecule has 0 spiro atoms. The average molecular weight is 429 g/mol. The van der Waals surface area contributed by atoms with E-state index in [2.05, 4.69) is 13.8 Å². The molecule has 0 saturated heterocycles. The van der Waals surface area contributed by atoms with Crippen molar-refractivity contribution in [3.8, 4) is 0 Å². The molecule has 0 aromatic carbocycles. The van der Waals surface area contributed by atoms with Gasteiger partial charge in [-0.25, -0.2) is 0 Å². The van der Waals surface area contributed by atoms with Gasteiger partial charge in [-0.3, -0.25) is 4.18 Å². The van der Waals surface area contributed by atoms with E-state index in [-0.39, 0.29) is 35.3 Å². The van der Waals surface area contributed by atoms with Crippen LogP contribution in [0.3, 0.4) is 0 Å². The van der Waals surface area contributed by atoms with Gasteiger partial charge >= 0.3 is 29.6 Å². The zero-order valence-electron chi connectivity index (χ0n) is 18.5. The van der Waals surface area contributed by atoms with Gasteiger partial charge in [-0.2, -0.15) is 8.42 Å². The van der Waals surface area contributed by atoms with Crippen LogP contribution in [0.4, 0.5) is 0 Å². The van der Waals surface area contributed by atoms with Crippen molar-refractivity contribution in [3.63, 3.8) is 0 Å². The molecule has 0 aromatic rings. The number of rotatable bonds is 22. The maximum absolute atomic E-state index is 11.8. The summed E-state index contributed by atoms with van der Waals surface area (Å²) in [5.74, 6) is 0.193. The summed E-state index contributed by atoms with van der Waals surface area (Å²) in [4.78, 5) is 0. The van der Waals surface area contributed by atoms with Gasteiger partial charge in [0.05, 0.1) is 12.4 Å². The molecule has 0 saturated carbocycles. The van der Waals surface area contributed by atoms with Gasteiger partial charge < -0.3 is 0 Å². The molecular formula is C23H49NaO3S. The van der Waals surface area contributed by atoms with Gasteiger partial charge in [0.2, 0.25) is 0 Å². The second kappa shape index (κ2) is 24.2. The molecule has 28 heavy (non-hydrogen) atoms. The van der Waals surface area contributed by atoms with E-state index in [1.807, 2.05) is 0 Å². The first kappa shape index (κ1) is 31.1. The van der Waals surface area contributed by atoms with Gasteiger partial charge in [0.15, 0.2) is 0 Å². The fourth-order valence-electron chi connectivity index (χ4n) is 3.42. The summed E-state index contributed by atoms with van der Waals surface area (Å²) >= 11 is 0. The van der Waals surface area contributed by atoms with Crippen molar-refractivity contribution in [1.29, 1.82) is 0 Å². The van der Waals surface area contributed by atoms with E-state index >= 15 is 0 Å². The van der Waals surface area contributed by atoms with Crippen molar-refractivity contribution in [1.82, 2.24) is 0 Å². The Morgan fingerprint density at radius 2 is 0.821 bits per heavy atom. The predicted octanol–water partition coefficient (Wildman–Crippen LogP) is 7.14. The Kier molecular flexibility index (Phi) is 26.9. The van der Waals surface area contributed by atoms with Crippen molar-refractivity contribution in [2.24, 2.45) is 0 Å². The Balaban J connectivity index is 0. The minimum absolute atomic E-state index is 0. The zero-order chi connectivity index (χ0) is 20.1. The molecule has 0 N–H and O–H groups in total. The molecule has 0 aromatic heterocycles. The van der Waals surface area contributed by atoms with Gasteiger partial charge in [-0.15, -0.1) is 0 Å². The van der Waals surface area contributed by atoms with Crippen LogP contribution in [0.15, 0.2) is 0 Å². The molecule has 0 bridgehead atoms. The third-order valence-corrected chi connectivity index (χ3v) is 6.57. The van der Waals surface area contributed by atoms with E-state index in [0.29, 0.717) is 6.61 Å². The van der Waals surface area contributed by atoms with Gasteiger partial charge in [0.1, 0.15) is 0 Å². The quantitative estimate of drug-likeness (QED) is 0.105. The molecule has 0 atom stereocenters. The fraction of sp³-hybridized carbons (Fsp3) is 1.00. The van der Waals surface area contributed by atoms with Crippen LogP contribution in [-0.4, -0.2) is 50.3 Å². The monoisotopic (exact) mass is 428 g/mol. The van der Waals surface area contributed by atoms with Crippen molar-refractivity contribution in [3.05, 3.63) is 0 Å². The summed E-state index contributed by atoms with van der Waals surface area (Å²) in [6.45, 7) is 4.84.